The second kappa shape index (κ2) is 6.16. The number of hydrogen-bond donors (Lipinski definition) is 0. The van der Waals surface area contributed by atoms with Crippen molar-refractivity contribution in [1.29, 1.82) is 0 Å². The fourth-order valence-electron chi connectivity index (χ4n) is 2.21. The minimum atomic E-state index is -0.582. The van der Waals surface area contributed by atoms with Crippen molar-refractivity contribution < 1.29 is 14.5 Å². The second-order valence-corrected chi connectivity index (χ2v) is 5.48. The van der Waals surface area contributed by atoms with Crippen molar-refractivity contribution in [3.05, 3.63) is 50.4 Å². The lowest BCUT2D eigenvalue weighted by Crippen LogP contribution is -2.07. The molecular formula is C14H10N4O5S. The van der Waals surface area contributed by atoms with Crippen LogP contribution in [-0.2, 0) is 4.74 Å². The van der Waals surface area contributed by atoms with Crippen molar-refractivity contribution in [3.63, 3.8) is 0 Å². The van der Waals surface area contributed by atoms with Crippen LogP contribution in [-0.4, -0.2) is 26.9 Å². The van der Waals surface area contributed by atoms with Gasteiger partial charge in [0.15, 0.2) is 4.96 Å². The molecule has 3 aromatic rings. The fourth-order valence-corrected chi connectivity index (χ4v) is 3.07. The van der Waals surface area contributed by atoms with Crippen LogP contribution in [0.1, 0.15) is 17.4 Å². The number of imidazole rings is 1. The van der Waals surface area contributed by atoms with Crippen LogP contribution in [0.15, 0.2) is 34.8 Å². The van der Waals surface area contributed by atoms with Crippen molar-refractivity contribution >= 4 is 33.8 Å². The third-order valence-electron chi connectivity index (χ3n) is 3.26. The van der Waals surface area contributed by atoms with E-state index in [0.29, 0.717) is 10.5 Å². The number of non-ortho nitro benzene ring substituents is 1. The van der Waals surface area contributed by atoms with Crippen molar-refractivity contribution in [1.82, 2.24) is 9.38 Å². The maximum Gasteiger partial charge on any atom is 0.356 e. The molecule has 10 heteroatoms. The number of hydrogen-bond acceptors (Lipinski definition) is 8. The summed E-state index contributed by atoms with van der Waals surface area (Å²) in [6, 6.07) is 5.57. The third kappa shape index (κ3) is 2.52. The van der Waals surface area contributed by atoms with Gasteiger partial charge in [-0.1, -0.05) is 0 Å². The van der Waals surface area contributed by atoms with E-state index in [1.54, 1.807) is 6.92 Å². The average Bonchev–Trinajstić information content (AvgIpc) is 3.13. The summed E-state index contributed by atoms with van der Waals surface area (Å²) >= 11 is 1.17. The van der Waals surface area contributed by atoms with Crippen LogP contribution in [0.3, 0.4) is 0 Å². The molecule has 0 N–H and O–H groups in total. The second-order valence-electron chi connectivity index (χ2n) is 4.64. The number of carbonyl (C=O) groups is 1. The molecule has 0 saturated carbocycles. The summed E-state index contributed by atoms with van der Waals surface area (Å²) in [6.45, 7) is 1.88. The van der Waals surface area contributed by atoms with E-state index in [9.17, 15) is 19.8 Å². The summed E-state index contributed by atoms with van der Waals surface area (Å²) in [4.78, 5) is 38.2. The first-order valence-electron chi connectivity index (χ1n) is 6.82. The Kier molecular flexibility index (Phi) is 4.04. The largest absolute Gasteiger partial charge is 0.461 e. The van der Waals surface area contributed by atoms with E-state index in [4.69, 9.17) is 4.74 Å². The standard InChI is InChI=1S/C14H10N4O5S/c1-2-23-13(19)10-7-24-14-15-11(12(16-20)17(10)14)8-3-5-9(6-4-8)18(21)22/h3-7H,2H2,1H3. The summed E-state index contributed by atoms with van der Waals surface area (Å²) in [5.41, 5.74) is 0.818. The van der Waals surface area contributed by atoms with Crippen LogP contribution < -0.4 is 0 Å². The zero-order valence-corrected chi connectivity index (χ0v) is 13.1. The maximum atomic E-state index is 12.0. The summed E-state index contributed by atoms with van der Waals surface area (Å²) in [5.74, 6) is -0.635. The van der Waals surface area contributed by atoms with Gasteiger partial charge in [0.25, 0.3) is 5.69 Å². The van der Waals surface area contributed by atoms with Crippen LogP contribution in [0.5, 0.6) is 0 Å². The van der Waals surface area contributed by atoms with Gasteiger partial charge in [-0.05, 0) is 24.2 Å². The molecule has 0 radical (unpaired) electrons. The molecule has 0 aliphatic carbocycles. The van der Waals surface area contributed by atoms with E-state index < -0.39 is 10.9 Å². The Labute approximate surface area is 138 Å². The smallest absolute Gasteiger partial charge is 0.356 e. The number of aromatic nitrogens is 2. The first-order chi connectivity index (χ1) is 11.6. The number of ether oxygens (including phenoxy) is 1. The highest BCUT2D eigenvalue weighted by Gasteiger charge is 2.23. The number of benzene rings is 1. The number of thiazole rings is 1. The number of carbonyl (C=O) groups excluding carboxylic acids is 1. The molecule has 0 aliphatic heterocycles. The SMILES string of the molecule is CCOC(=O)c1csc2nc(-c3ccc([N+](=O)[O-])cc3)c(N=O)n12. The number of rotatable bonds is 5. The van der Waals surface area contributed by atoms with Crippen LogP contribution in [0.4, 0.5) is 11.5 Å². The molecule has 0 amide bonds. The van der Waals surface area contributed by atoms with Gasteiger partial charge in [-0.15, -0.1) is 16.2 Å². The topological polar surface area (TPSA) is 116 Å². The highest BCUT2D eigenvalue weighted by Crippen LogP contribution is 2.35. The summed E-state index contributed by atoms with van der Waals surface area (Å²) < 4.78 is 6.28. The summed E-state index contributed by atoms with van der Waals surface area (Å²) in [5, 5.41) is 15.2. The molecule has 0 unspecified atom stereocenters. The highest BCUT2D eigenvalue weighted by molar-refractivity contribution is 7.15. The van der Waals surface area contributed by atoms with Crippen LogP contribution in [0, 0.1) is 15.0 Å². The molecule has 3 rings (SSSR count). The summed E-state index contributed by atoms with van der Waals surface area (Å²) in [6.07, 6.45) is 0. The van der Waals surface area contributed by atoms with Gasteiger partial charge in [-0.25, -0.2) is 9.78 Å². The van der Waals surface area contributed by atoms with Gasteiger partial charge in [0.05, 0.1) is 11.5 Å². The first-order valence-corrected chi connectivity index (χ1v) is 7.70. The normalized spacial score (nSPS) is 10.7. The zero-order valence-electron chi connectivity index (χ0n) is 12.3. The molecule has 0 spiro atoms. The van der Waals surface area contributed by atoms with Crippen molar-refractivity contribution in [2.24, 2.45) is 5.18 Å². The van der Waals surface area contributed by atoms with Crippen molar-refractivity contribution in [3.8, 4) is 11.3 Å². The molecule has 0 fully saturated rings. The van der Waals surface area contributed by atoms with Gasteiger partial charge < -0.3 is 4.74 Å². The van der Waals surface area contributed by atoms with Gasteiger partial charge in [-0.2, -0.15) is 0 Å². The average molecular weight is 346 g/mol. The minimum absolute atomic E-state index is 0.0526. The Hall–Kier alpha value is -3.14. The van der Waals surface area contributed by atoms with Crippen LogP contribution in [0.2, 0.25) is 0 Å². The molecule has 9 nitrogen and oxygen atoms in total. The van der Waals surface area contributed by atoms with Crippen molar-refractivity contribution in [2.45, 2.75) is 6.92 Å². The Morgan fingerprint density at radius 2 is 2.12 bits per heavy atom. The Bertz CT molecular complexity index is 944. The molecule has 0 aliphatic rings. The lowest BCUT2D eigenvalue weighted by atomic mass is 10.1. The number of nitroso groups, excluding NO2 is 1. The fraction of sp³-hybridized carbons (Fsp3) is 0.143. The van der Waals surface area contributed by atoms with Crippen LogP contribution >= 0.6 is 11.3 Å². The Balaban J connectivity index is 2.14. The number of nitro groups is 1. The molecule has 122 valence electrons. The lowest BCUT2D eigenvalue weighted by Gasteiger charge is -2.01. The molecule has 0 atom stereocenters. The number of esters is 1. The lowest BCUT2D eigenvalue weighted by molar-refractivity contribution is -0.384. The molecule has 0 saturated heterocycles. The van der Waals surface area contributed by atoms with Gasteiger partial charge in [0.1, 0.15) is 11.4 Å². The molecule has 0 bridgehead atoms. The zero-order chi connectivity index (χ0) is 17.3. The maximum absolute atomic E-state index is 12.0. The third-order valence-corrected chi connectivity index (χ3v) is 4.09. The highest BCUT2D eigenvalue weighted by atomic mass is 32.1. The number of nitrogens with zero attached hydrogens (tertiary/aromatic N) is 4. The minimum Gasteiger partial charge on any atom is -0.461 e. The van der Waals surface area contributed by atoms with Gasteiger partial charge in [0.2, 0.25) is 5.82 Å². The molecule has 2 aromatic heterocycles. The van der Waals surface area contributed by atoms with E-state index in [-0.39, 0.29) is 29.5 Å². The molecule has 24 heavy (non-hydrogen) atoms. The molecule has 1 aromatic carbocycles. The van der Waals surface area contributed by atoms with Gasteiger partial charge >= 0.3 is 5.97 Å². The predicted octanol–water partition coefficient (Wildman–Crippen LogP) is 3.55. The Morgan fingerprint density at radius 1 is 1.42 bits per heavy atom. The number of nitro benzene ring substituents is 1. The predicted molar refractivity (Wildman–Crippen MR) is 86.6 cm³/mol. The van der Waals surface area contributed by atoms with Gasteiger partial charge in [0, 0.05) is 23.1 Å². The van der Waals surface area contributed by atoms with E-state index in [1.165, 1.54) is 45.4 Å². The van der Waals surface area contributed by atoms with Crippen molar-refractivity contribution in [2.75, 3.05) is 6.61 Å². The first kappa shape index (κ1) is 15.7. The van der Waals surface area contributed by atoms with Gasteiger partial charge in [-0.3, -0.25) is 14.5 Å². The van der Waals surface area contributed by atoms with E-state index in [0.717, 1.165) is 0 Å². The monoisotopic (exact) mass is 346 g/mol. The number of fused-ring (bicyclic) bond motifs is 1. The molecular weight excluding hydrogens is 336 g/mol. The quantitative estimate of drug-likeness (QED) is 0.302. The van der Waals surface area contributed by atoms with E-state index in [2.05, 4.69) is 10.2 Å². The Morgan fingerprint density at radius 3 is 2.71 bits per heavy atom. The summed E-state index contributed by atoms with van der Waals surface area (Å²) in [7, 11) is 0. The molecule has 2 heterocycles. The van der Waals surface area contributed by atoms with E-state index >= 15 is 0 Å². The van der Waals surface area contributed by atoms with E-state index in [1.807, 2.05) is 0 Å². The van der Waals surface area contributed by atoms with Crippen LogP contribution in [0.25, 0.3) is 16.2 Å².